The number of aliphatic hydroxyl groups is 1. The minimum Gasteiger partial charge on any atom is -0.497 e. The van der Waals surface area contributed by atoms with Gasteiger partial charge in [0, 0.05) is 45.2 Å². The molecule has 2 aromatic carbocycles. The van der Waals surface area contributed by atoms with E-state index < -0.39 is 6.10 Å². The lowest BCUT2D eigenvalue weighted by molar-refractivity contribution is 0.104. The standard InChI is InChI=1S/C23H27N3O2/c1-25-21-12-13-26(16-22(27)18-8-10-19(28-2)11-9-18)15-20(21)24-23(25)14-17-6-4-3-5-7-17/h3-11,22,27H,12-16H2,1-2H3. The van der Waals surface area contributed by atoms with Gasteiger partial charge in [0.05, 0.1) is 18.9 Å². The molecule has 1 aromatic heterocycles. The second kappa shape index (κ2) is 8.17. The van der Waals surface area contributed by atoms with E-state index in [0.717, 1.165) is 48.8 Å². The van der Waals surface area contributed by atoms with Crippen molar-refractivity contribution in [2.75, 3.05) is 20.2 Å². The molecule has 0 bridgehead atoms. The highest BCUT2D eigenvalue weighted by Crippen LogP contribution is 2.24. The van der Waals surface area contributed by atoms with Crippen molar-refractivity contribution in [1.82, 2.24) is 14.5 Å². The molecule has 0 fully saturated rings. The van der Waals surface area contributed by atoms with Gasteiger partial charge in [-0.05, 0) is 23.3 Å². The summed E-state index contributed by atoms with van der Waals surface area (Å²) in [6, 6.07) is 18.1. The van der Waals surface area contributed by atoms with Gasteiger partial charge in [-0.3, -0.25) is 4.90 Å². The van der Waals surface area contributed by atoms with E-state index in [1.807, 2.05) is 30.3 Å². The molecule has 5 nitrogen and oxygen atoms in total. The Morgan fingerprint density at radius 3 is 2.57 bits per heavy atom. The molecule has 0 amide bonds. The quantitative estimate of drug-likeness (QED) is 0.717. The van der Waals surface area contributed by atoms with Gasteiger partial charge in [0.25, 0.3) is 0 Å². The first-order valence-corrected chi connectivity index (χ1v) is 9.75. The van der Waals surface area contributed by atoms with E-state index in [-0.39, 0.29) is 0 Å². The maximum atomic E-state index is 10.6. The van der Waals surface area contributed by atoms with Gasteiger partial charge >= 0.3 is 0 Å². The number of methoxy groups -OCH3 is 1. The summed E-state index contributed by atoms with van der Waals surface area (Å²) in [5, 5.41) is 10.6. The van der Waals surface area contributed by atoms with Gasteiger partial charge in [0.1, 0.15) is 11.6 Å². The minimum absolute atomic E-state index is 0.514. The molecule has 5 heteroatoms. The lowest BCUT2D eigenvalue weighted by Gasteiger charge is -2.28. The van der Waals surface area contributed by atoms with Crippen molar-refractivity contribution in [3.05, 3.63) is 82.9 Å². The molecule has 0 radical (unpaired) electrons. The van der Waals surface area contributed by atoms with Crippen LogP contribution in [0.4, 0.5) is 0 Å². The van der Waals surface area contributed by atoms with Crippen LogP contribution < -0.4 is 4.74 Å². The number of aromatic nitrogens is 2. The van der Waals surface area contributed by atoms with Crippen LogP contribution in [0.15, 0.2) is 54.6 Å². The van der Waals surface area contributed by atoms with E-state index in [1.165, 1.54) is 11.3 Å². The van der Waals surface area contributed by atoms with Gasteiger partial charge in [-0.25, -0.2) is 4.98 Å². The fraction of sp³-hybridized carbons (Fsp3) is 0.348. The highest BCUT2D eigenvalue weighted by Gasteiger charge is 2.24. The largest absolute Gasteiger partial charge is 0.497 e. The monoisotopic (exact) mass is 377 g/mol. The van der Waals surface area contributed by atoms with Crippen molar-refractivity contribution in [3.8, 4) is 5.75 Å². The second-order valence-electron chi connectivity index (χ2n) is 7.42. The fourth-order valence-corrected chi connectivity index (χ4v) is 3.91. The number of fused-ring (bicyclic) bond motifs is 1. The third-order valence-electron chi connectivity index (χ3n) is 5.56. The minimum atomic E-state index is -0.514. The molecule has 4 rings (SSSR count). The Labute approximate surface area is 166 Å². The predicted molar refractivity (Wildman–Crippen MR) is 109 cm³/mol. The SMILES string of the molecule is COc1ccc(C(O)CN2CCc3c(nc(Cc4ccccc4)n3C)C2)cc1. The number of imidazole rings is 1. The van der Waals surface area contributed by atoms with E-state index in [4.69, 9.17) is 9.72 Å². The van der Waals surface area contributed by atoms with Crippen molar-refractivity contribution in [3.63, 3.8) is 0 Å². The first-order valence-electron chi connectivity index (χ1n) is 9.75. The number of ether oxygens (including phenoxy) is 1. The normalized spacial score (nSPS) is 15.2. The van der Waals surface area contributed by atoms with Gasteiger partial charge in [-0.2, -0.15) is 0 Å². The summed E-state index contributed by atoms with van der Waals surface area (Å²) in [7, 11) is 3.77. The van der Waals surface area contributed by atoms with E-state index in [2.05, 4.69) is 40.8 Å². The molecule has 0 spiro atoms. The summed E-state index contributed by atoms with van der Waals surface area (Å²) in [5.41, 5.74) is 4.65. The average Bonchev–Trinajstić information content (AvgIpc) is 3.03. The smallest absolute Gasteiger partial charge is 0.118 e. The van der Waals surface area contributed by atoms with Crippen LogP contribution in [0.2, 0.25) is 0 Å². The number of hydrogen-bond acceptors (Lipinski definition) is 4. The van der Waals surface area contributed by atoms with E-state index >= 15 is 0 Å². The number of hydrogen-bond donors (Lipinski definition) is 1. The Bertz CT molecular complexity index is 919. The van der Waals surface area contributed by atoms with Crippen molar-refractivity contribution in [2.45, 2.75) is 25.5 Å². The summed E-state index contributed by atoms with van der Waals surface area (Å²) >= 11 is 0. The Kier molecular flexibility index (Phi) is 5.46. The molecule has 146 valence electrons. The third-order valence-corrected chi connectivity index (χ3v) is 5.56. The van der Waals surface area contributed by atoms with E-state index in [0.29, 0.717) is 6.54 Å². The van der Waals surface area contributed by atoms with Crippen LogP contribution in [0, 0.1) is 0 Å². The number of nitrogens with zero attached hydrogens (tertiary/aromatic N) is 3. The molecule has 0 saturated carbocycles. The number of benzene rings is 2. The highest BCUT2D eigenvalue weighted by atomic mass is 16.5. The molecule has 1 aliphatic rings. The maximum absolute atomic E-state index is 10.6. The molecule has 1 atom stereocenters. The first kappa shape index (κ1) is 18.7. The number of aliphatic hydroxyl groups excluding tert-OH is 1. The molecular weight excluding hydrogens is 350 g/mol. The zero-order valence-electron chi connectivity index (χ0n) is 16.5. The second-order valence-corrected chi connectivity index (χ2v) is 7.42. The van der Waals surface area contributed by atoms with Crippen molar-refractivity contribution >= 4 is 0 Å². The van der Waals surface area contributed by atoms with Gasteiger partial charge < -0.3 is 14.4 Å². The topological polar surface area (TPSA) is 50.5 Å². The lowest BCUT2D eigenvalue weighted by atomic mass is 10.1. The van der Waals surface area contributed by atoms with Crippen molar-refractivity contribution in [1.29, 1.82) is 0 Å². The first-order chi connectivity index (χ1) is 13.6. The molecule has 0 saturated heterocycles. The highest BCUT2D eigenvalue weighted by molar-refractivity contribution is 5.29. The van der Waals surface area contributed by atoms with Crippen LogP contribution in [0.3, 0.4) is 0 Å². The van der Waals surface area contributed by atoms with Crippen LogP contribution in [-0.4, -0.2) is 39.8 Å². The molecule has 1 aliphatic heterocycles. The molecule has 1 N–H and O–H groups in total. The van der Waals surface area contributed by atoms with Crippen LogP contribution in [0.25, 0.3) is 0 Å². The molecule has 1 unspecified atom stereocenters. The zero-order valence-corrected chi connectivity index (χ0v) is 16.5. The van der Waals surface area contributed by atoms with Gasteiger partial charge in [-0.15, -0.1) is 0 Å². The fourth-order valence-electron chi connectivity index (χ4n) is 3.91. The van der Waals surface area contributed by atoms with Crippen molar-refractivity contribution in [2.24, 2.45) is 7.05 Å². The summed E-state index contributed by atoms with van der Waals surface area (Å²) in [6.07, 6.45) is 1.29. The maximum Gasteiger partial charge on any atom is 0.118 e. The molecule has 0 aliphatic carbocycles. The van der Waals surface area contributed by atoms with E-state index in [9.17, 15) is 5.11 Å². The number of β-amino-alcohol motifs (C(OH)–C–C–N with tert-alkyl or cyclic N) is 1. The lowest BCUT2D eigenvalue weighted by Crippen LogP contribution is -2.34. The van der Waals surface area contributed by atoms with Gasteiger partial charge in [-0.1, -0.05) is 42.5 Å². The Morgan fingerprint density at radius 1 is 1.11 bits per heavy atom. The van der Waals surface area contributed by atoms with Gasteiger partial charge in [0.2, 0.25) is 0 Å². The van der Waals surface area contributed by atoms with Crippen molar-refractivity contribution < 1.29 is 9.84 Å². The molecule has 28 heavy (non-hydrogen) atoms. The summed E-state index contributed by atoms with van der Waals surface area (Å²) < 4.78 is 7.44. The predicted octanol–water partition coefficient (Wildman–Crippen LogP) is 3.11. The van der Waals surface area contributed by atoms with E-state index in [1.54, 1.807) is 7.11 Å². The van der Waals surface area contributed by atoms with Crippen LogP contribution in [0.5, 0.6) is 5.75 Å². The summed E-state index contributed by atoms with van der Waals surface area (Å²) in [4.78, 5) is 7.21. The molecule has 3 aromatic rings. The molecule has 2 heterocycles. The zero-order chi connectivity index (χ0) is 19.5. The van der Waals surface area contributed by atoms with Crippen LogP contribution in [-0.2, 0) is 26.4 Å². The number of rotatable bonds is 6. The van der Waals surface area contributed by atoms with Gasteiger partial charge in [0.15, 0.2) is 0 Å². The molecular formula is C23H27N3O2. The third kappa shape index (κ3) is 3.96. The summed E-state index contributed by atoms with van der Waals surface area (Å²) in [6.45, 7) is 2.33. The average molecular weight is 377 g/mol. The Morgan fingerprint density at radius 2 is 1.86 bits per heavy atom. The Hall–Kier alpha value is -2.63. The van der Waals surface area contributed by atoms with Crippen LogP contribution in [0.1, 0.15) is 34.4 Å². The van der Waals surface area contributed by atoms with Crippen LogP contribution >= 0.6 is 0 Å². The summed E-state index contributed by atoms with van der Waals surface area (Å²) in [5.74, 6) is 1.91. The Balaban J connectivity index is 1.43.